The maximum atomic E-state index is 13.0. The first-order valence-corrected chi connectivity index (χ1v) is 11.7. The number of benzene rings is 2. The predicted molar refractivity (Wildman–Crippen MR) is 124 cm³/mol. The highest BCUT2D eigenvalue weighted by Crippen LogP contribution is 2.46. The zero-order chi connectivity index (χ0) is 21.0. The number of nitrogens with one attached hydrogen (secondary N) is 1. The summed E-state index contributed by atoms with van der Waals surface area (Å²) in [6.07, 6.45) is 2.31. The van der Waals surface area contributed by atoms with Gasteiger partial charge in [0.15, 0.2) is 5.75 Å². The molecule has 0 fully saturated rings. The standard InChI is InChI=1S/C25H26N2O3S/c28-25(30-14-10-18-5-2-1-3-6-18)27-13-15-29-24-21(27)17-19-8-11-26-12-9-20(19)23(24)22-7-4-16-31-22/h1-7,16-17,26H,8-15H2. The molecule has 160 valence electrons. The van der Waals surface area contributed by atoms with E-state index < -0.39 is 0 Å². The highest BCUT2D eigenvalue weighted by atomic mass is 32.1. The van der Waals surface area contributed by atoms with Gasteiger partial charge >= 0.3 is 6.09 Å². The number of hydrogen-bond donors (Lipinski definition) is 1. The zero-order valence-corrected chi connectivity index (χ0v) is 18.2. The Kier molecular flexibility index (Phi) is 5.91. The van der Waals surface area contributed by atoms with Gasteiger partial charge in [-0.05, 0) is 60.1 Å². The van der Waals surface area contributed by atoms with Crippen LogP contribution >= 0.6 is 11.3 Å². The third-order valence-electron chi connectivity index (χ3n) is 5.88. The van der Waals surface area contributed by atoms with Crippen molar-refractivity contribution in [2.24, 2.45) is 0 Å². The van der Waals surface area contributed by atoms with Crippen molar-refractivity contribution in [1.29, 1.82) is 0 Å². The molecule has 31 heavy (non-hydrogen) atoms. The van der Waals surface area contributed by atoms with Gasteiger partial charge < -0.3 is 14.8 Å². The quantitative estimate of drug-likeness (QED) is 0.648. The van der Waals surface area contributed by atoms with Crippen LogP contribution in [0.15, 0.2) is 53.9 Å². The maximum Gasteiger partial charge on any atom is 0.414 e. The number of amides is 1. The van der Waals surface area contributed by atoms with Crippen LogP contribution in [0, 0.1) is 0 Å². The number of fused-ring (bicyclic) bond motifs is 2. The van der Waals surface area contributed by atoms with Gasteiger partial charge in [-0.1, -0.05) is 36.4 Å². The number of anilines is 1. The molecule has 0 radical (unpaired) electrons. The fourth-order valence-electron chi connectivity index (χ4n) is 4.37. The first-order chi connectivity index (χ1) is 15.3. The molecule has 0 saturated heterocycles. The van der Waals surface area contributed by atoms with Crippen LogP contribution in [0.4, 0.5) is 10.5 Å². The molecular weight excluding hydrogens is 408 g/mol. The Balaban J connectivity index is 1.45. The Hall–Kier alpha value is -2.83. The number of hydrogen-bond acceptors (Lipinski definition) is 5. The average Bonchev–Trinajstić information content (AvgIpc) is 3.23. The number of carbonyl (C=O) groups excluding carboxylic acids is 1. The number of nitrogens with zero attached hydrogens (tertiary/aromatic N) is 1. The molecule has 3 heterocycles. The van der Waals surface area contributed by atoms with Gasteiger partial charge in [-0.2, -0.15) is 0 Å². The molecule has 0 unspecified atom stereocenters. The van der Waals surface area contributed by atoms with Gasteiger partial charge in [-0.3, -0.25) is 4.90 Å². The number of rotatable bonds is 4. The van der Waals surface area contributed by atoms with E-state index in [-0.39, 0.29) is 6.09 Å². The summed E-state index contributed by atoms with van der Waals surface area (Å²) in [7, 11) is 0. The zero-order valence-electron chi connectivity index (χ0n) is 17.4. The second-order valence-corrected chi connectivity index (χ2v) is 8.76. The third-order valence-corrected chi connectivity index (χ3v) is 6.77. The van der Waals surface area contributed by atoms with E-state index in [9.17, 15) is 4.79 Å². The van der Waals surface area contributed by atoms with Crippen LogP contribution in [-0.2, 0) is 24.0 Å². The molecule has 0 saturated carbocycles. The first kappa shape index (κ1) is 20.1. The van der Waals surface area contributed by atoms with Crippen molar-refractivity contribution >= 4 is 23.1 Å². The van der Waals surface area contributed by atoms with Crippen LogP contribution in [0.5, 0.6) is 5.75 Å². The molecule has 2 aliphatic heterocycles. The van der Waals surface area contributed by atoms with Gasteiger partial charge in [0.1, 0.15) is 6.61 Å². The third kappa shape index (κ3) is 4.18. The van der Waals surface area contributed by atoms with E-state index in [1.165, 1.54) is 16.0 Å². The Morgan fingerprint density at radius 1 is 1.13 bits per heavy atom. The summed E-state index contributed by atoms with van der Waals surface area (Å²) in [5.41, 5.74) is 5.77. The predicted octanol–water partition coefficient (Wildman–Crippen LogP) is 4.68. The Labute approximate surface area is 186 Å². The lowest BCUT2D eigenvalue weighted by Crippen LogP contribution is -2.39. The van der Waals surface area contributed by atoms with Crippen molar-refractivity contribution in [2.75, 3.05) is 37.7 Å². The Bertz CT molecular complexity index is 1050. The minimum Gasteiger partial charge on any atom is -0.489 e. The van der Waals surface area contributed by atoms with Crippen molar-refractivity contribution in [1.82, 2.24) is 5.32 Å². The number of ether oxygens (including phenoxy) is 2. The fourth-order valence-corrected chi connectivity index (χ4v) is 5.16. The average molecular weight is 435 g/mol. The Morgan fingerprint density at radius 3 is 2.84 bits per heavy atom. The van der Waals surface area contributed by atoms with Gasteiger partial charge in [-0.15, -0.1) is 11.3 Å². The lowest BCUT2D eigenvalue weighted by Gasteiger charge is -2.32. The highest BCUT2D eigenvalue weighted by molar-refractivity contribution is 7.13. The van der Waals surface area contributed by atoms with E-state index in [0.717, 1.165) is 48.5 Å². The monoisotopic (exact) mass is 434 g/mol. The lowest BCUT2D eigenvalue weighted by molar-refractivity contribution is 0.151. The summed E-state index contributed by atoms with van der Waals surface area (Å²) in [6, 6.07) is 16.4. The van der Waals surface area contributed by atoms with Crippen LogP contribution < -0.4 is 15.0 Å². The molecule has 6 heteroatoms. The summed E-state index contributed by atoms with van der Waals surface area (Å²) < 4.78 is 11.8. The molecule has 5 nitrogen and oxygen atoms in total. The van der Waals surface area contributed by atoms with Gasteiger partial charge in [0.2, 0.25) is 0 Å². The van der Waals surface area contributed by atoms with E-state index in [1.54, 1.807) is 16.2 Å². The fraction of sp³-hybridized carbons (Fsp3) is 0.320. The highest BCUT2D eigenvalue weighted by Gasteiger charge is 2.31. The van der Waals surface area contributed by atoms with Crippen molar-refractivity contribution < 1.29 is 14.3 Å². The second kappa shape index (κ2) is 9.12. The smallest absolute Gasteiger partial charge is 0.414 e. The molecule has 0 aliphatic carbocycles. The van der Waals surface area contributed by atoms with Crippen molar-refractivity contribution in [3.05, 3.63) is 70.6 Å². The molecule has 1 N–H and O–H groups in total. The van der Waals surface area contributed by atoms with Gasteiger partial charge in [-0.25, -0.2) is 4.79 Å². The SMILES string of the molecule is O=C(OCCc1ccccc1)N1CCOc2c1cc1c(c2-c2cccs2)CCNCC1. The molecule has 0 atom stereocenters. The van der Waals surface area contributed by atoms with Gasteiger partial charge in [0, 0.05) is 16.9 Å². The summed E-state index contributed by atoms with van der Waals surface area (Å²) in [6.45, 7) is 3.23. The molecule has 3 aromatic rings. The van der Waals surface area contributed by atoms with Crippen LogP contribution in [0.1, 0.15) is 16.7 Å². The van der Waals surface area contributed by atoms with Crippen molar-refractivity contribution in [3.63, 3.8) is 0 Å². The molecule has 2 aromatic carbocycles. The molecule has 1 amide bonds. The van der Waals surface area contributed by atoms with E-state index in [2.05, 4.69) is 41.0 Å². The minimum atomic E-state index is -0.302. The molecule has 0 bridgehead atoms. The summed E-state index contributed by atoms with van der Waals surface area (Å²) >= 11 is 1.71. The van der Waals surface area contributed by atoms with Crippen LogP contribution in [0.2, 0.25) is 0 Å². The summed E-state index contributed by atoms with van der Waals surface area (Å²) in [5.74, 6) is 0.814. The largest absolute Gasteiger partial charge is 0.489 e. The van der Waals surface area contributed by atoms with Gasteiger partial charge in [0.25, 0.3) is 0 Å². The molecular formula is C25H26N2O3S. The van der Waals surface area contributed by atoms with Crippen LogP contribution in [0.25, 0.3) is 10.4 Å². The number of carbonyl (C=O) groups is 1. The number of thiophene rings is 1. The van der Waals surface area contributed by atoms with Crippen molar-refractivity contribution in [3.8, 4) is 16.2 Å². The summed E-state index contributed by atoms with van der Waals surface area (Å²) in [5, 5.41) is 5.58. The molecule has 1 aromatic heterocycles. The molecule has 5 rings (SSSR count). The minimum absolute atomic E-state index is 0.302. The maximum absolute atomic E-state index is 13.0. The molecule has 0 spiro atoms. The second-order valence-electron chi connectivity index (χ2n) is 7.81. The van der Waals surface area contributed by atoms with E-state index in [0.29, 0.717) is 26.2 Å². The topological polar surface area (TPSA) is 50.8 Å². The first-order valence-electron chi connectivity index (χ1n) is 10.9. The summed E-state index contributed by atoms with van der Waals surface area (Å²) in [4.78, 5) is 16.0. The molecule has 2 aliphatic rings. The Morgan fingerprint density at radius 2 is 2.00 bits per heavy atom. The van der Waals surface area contributed by atoms with Gasteiger partial charge in [0.05, 0.1) is 18.8 Å². The lowest BCUT2D eigenvalue weighted by atomic mass is 9.93. The van der Waals surface area contributed by atoms with E-state index in [4.69, 9.17) is 9.47 Å². The normalized spacial score (nSPS) is 15.4. The van der Waals surface area contributed by atoms with Crippen LogP contribution in [0.3, 0.4) is 0 Å². The van der Waals surface area contributed by atoms with Crippen LogP contribution in [-0.4, -0.2) is 38.9 Å². The van der Waals surface area contributed by atoms with E-state index >= 15 is 0 Å². The van der Waals surface area contributed by atoms with Crippen molar-refractivity contribution in [2.45, 2.75) is 19.3 Å². The van der Waals surface area contributed by atoms with E-state index in [1.807, 2.05) is 18.2 Å².